The predicted octanol–water partition coefficient (Wildman–Crippen LogP) is 4.52. The van der Waals surface area contributed by atoms with Crippen LogP contribution in [0, 0.1) is 0 Å². The molecule has 176 valence electrons. The van der Waals surface area contributed by atoms with Crippen molar-refractivity contribution in [2.24, 2.45) is 0 Å². The molecule has 0 aliphatic rings. The number of benzene rings is 3. The van der Waals surface area contributed by atoms with E-state index < -0.39 is 10.1 Å². The molecule has 0 heterocycles. The zero-order valence-corrected chi connectivity index (χ0v) is 19.6. The van der Waals surface area contributed by atoms with Crippen molar-refractivity contribution < 1.29 is 27.2 Å². The van der Waals surface area contributed by atoms with Crippen LogP contribution in [0.3, 0.4) is 0 Å². The van der Waals surface area contributed by atoms with Gasteiger partial charge in [0.25, 0.3) is 16.0 Å². The molecular formula is C25H29NO6S. The lowest BCUT2D eigenvalue weighted by Crippen LogP contribution is -2.27. The molecule has 0 fully saturated rings. The largest absolute Gasteiger partial charge is 0.468 e. The van der Waals surface area contributed by atoms with Gasteiger partial charge in [0.15, 0.2) is 6.79 Å². The number of carbonyl (C=O) groups is 1. The van der Waals surface area contributed by atoms with E-state index in [4.69, 9.17) is 14.0 Å². The van der Waals surface area contributed by atoms with Crippen LogP contribution in [-0.2, 0) is 21.3 Å². The van der Waals surface area contributed by atoms with Crippen LogP contribution in [0.5, 0.6) is 5.75 Å². The quantitative estimate of drug-likeness (QED) is 0.242. The number of unbranched alkanes of at least 4 members (excludes halogenated alkanes) is 1. The molecule has 0 radical (unpaired) electrons. The van der Waals surface area contributed by atoms with Crippen molar-refractivity contribution >= 4 is 26.8 Å². The molecule has 3 aromatic carbocycles. The monoisotopic (exact) mass is 471 g/mol. The second kappa shape index (κ2) is 11.3. The van der Waals surface area contributed by atoms with Crippen LogP contribution in [-0.4, -0.2) is 38.5 Å². The number of methoxy groups -OCH3 is 1. The van der Waals surface area contributed by atoms with E-state index >= 15 is 0 Å². The summed E-state index contributed by atoms with van der Waals surface area (Å²) in [5, 5.41) is 5.26. The van der Waals surface area contributed by atoms with Gasteiger partial charge in [-0.2, -0.15) is 8.42 Å². The van der Waals surface area contributed by atoms with Gasteiger partial charge in [-0.25, -0.2) is 0 Å². The van der Waals surface area contributed by atoms with Crippen molar-refractivity contribution in [2.75, 3.05) is 19.7 Å². The molecule has 0 bridgehead atoms. The van der Waals surface area contributed by atoms with Crippen LogP contribution in [0.1, 0.15) is 47.3 Å². The van der Waals surface area contributed by atoms with Crippen molar-refractivity contribution in [2.45, 2.75) is 32.2 Å². The Kier molecular flexibility index (Phi) is 8.43. The van der Waals surface area contributed by atoms with Crippen LogP contribution in [0.25, 0.3) is 10.8 Å². The van der Waals surface area contributed by atoms with Gasteiger partial charge in [-0.1, -0.05) is 48.5 Å². The standard InChI is InChI=1S/C25H29NO6S/c1-18(22-12-7-10-19-8-3-4-11-23(19)22)26-25(27)24-16-21(32-17-31-2)14-13-20(24)9-5-6-15-33(28,29)30/h3-4,7-8,10-14,16,18H,5-6,9,15,17H2,1-2H3,(H,26,27)(H,28,29,30)/t18-/m1/s1. The molecule has 0 aromatic heterocycles. The van der Waals surface area contributed by atoms with Crippen LogP contribution in [0.15, 0.2) is 60.7 Å². The number of hydrogen-bond acceptors (Lipinski definition) is 5. The van der Waals surface area contributed by atoms with E-state index in [1.54, 1.807) is 18.2 Å². The van der Waals surface area contributed by atoms with Crippen molar-refractivity contribution in [3.63, 3.8) is 0 Å². The van der Waals surface area contributed by atoms with Gasteiger partial charge in [-0.05, 0) is 60.2 Å². The number of carbonyl (C=O) groups excluding carboxylic acids is 1. The van der Waals surface area contributed by atoms with E-state index in [0.717, 1.165) is 21.9 Å². The number of hydrogen-bond donors (Lipinski definition) is 2. The van der Waals surface area contributed by atoms with E-state index in [1.807, 2.05) is 49.4 Å². The van der Waals surface area contributed by atoms with Crippen LogP contribution in [0.4, 0.5) is 0 Å². The van der Waals surface area contributed by atoms with Gasteiger partial charge >= 0.3 is 0 Å². The Balaban J connectivity index is 1.80. The lowest BCUT2D eigenvalue weighted by atomic mass is 9.98. The number of fused-ring (bicyclic) bond motifs is 1. The van der Waals surface area contributed by atoms with Crippen LogP contribution in [0.2, 0.25) is 0 Å². The van der Waals surface area contributed by atoms with E-state index in [-0.39, 0.29) is 24.5 Å². The highest BCUT2D eigenvalue weighted by atomic mass is 32.2. The molecule has 0 aliphatic heterocycles. The second-order valence-electron chi connectivity index (χ2n) is 7.88. The SMILES string of the molecule is COCOc1ccc(CCCCS(=O)(=O)O)c(C(=O)N[C@H](C)c2cccc3ccccc23)c1. The zero-order chi connectivity index (χ0) is 23.8. The third kappa shape index (κ3) is 7.02. The summed E-state index contributed by atoms with van der Waals surface area (Å²) in [6.45, 7) is 2.00. The molecule has 8 heteroatoms. The van der Waals surface area contributed by atoms with Gasteiger partial charge in [-0.3, -0.25) is 9.35 Å². The Labute approximate surface area is 194 Å². The summed E-state index contributed by atoms with van der Waals surface area (Å²) in [6, 6.07) is 19.0. The van der Waals surface area contributed by atoms with Crippen LogP contribution >= 0.6 is 0 Å². The normalized spacial score (nSPS) is 12.5. The number of nitrogens with one attached hydrogen (secondary N) is 1. The van der Waals surface area contributed by atoms with E-state index in [9.17, 15) is 13.2 Å². The summed E-state index contributed by atoms with van der Waals surface area (Å²) in [4.78, 5) is 13.3. The summed E-state index contributed by atoms with van der Waals surface area (Å²) in [5.74, 6) is -0.0496. The number of ether oxygens (including phenoxy) is 2. The second-order valence-corrected chi connectivity index (χ2v) is 9.45. The average molecular weight is 472 g/mol. The summed E-state index contributed by atoms with van der Waals surface area (Å²) in [5.41, 5.74) is 2.25. The van der Waals surface area contributed by atoms with E-state index in [2.05, 4.69) is 5.32 Å². The fourth-order valence-electron chi connectivity index (χ4n) is 3.78. The summed E-state index contributed by atoms with van der Waals surface area (Å²) in [6.07, 6.45) is 1.30. The number of aryl methyl sites for hydroxylation is 1. The maximum Gasteiger partial charge on any atom is 0.264 e. The molecule has 0 saturated heterocycles. The maximum absolute atomic E-state index is 13.3. The average Bonchev–Trinajstić information content (AvgIpc) is 2.79. The van der Waals surface area contributed by atoms with Gasteiger partial charge in [0.1, 0.15) is 5.75 Å². The minimum atomic E-state index is -4.00. The number of rotatable bonds is 11. The minimum Gasteiger partial charge on any atom is -0.468 e. The highest BCUT2D eigenvalue weighted by molar-refractivity contribution is 7.85. The van der Waals surface area contributed by atoms with Crippen molar-refractivity contribution in [1.29, 1.82) is 0 Å². The number of amides is 1. The predicted molar refractivity (Wildman–Crippen MR) is 128 cm³/mol. The molecule has 2 N–H and O–H groups in total. The molecule has 1 amide bonds. The summed E-state index contributed by atoms with van der Waals surface area (Å²) >= 11 is 0. The van der Waals surface area contributed by atoms with E-state index in [0.29, 0.717) is 30.6 Å². The molecule has 0 saturated carbocycles. The highest BCUT2D eigenvalue weighted by Gasteiger charge is 2.18. The van der Waals surface area contributed by atoms with Crippen molar-refractivity contribution in [3.05, 3.63) is 77.4 Å². The zero-order valence-electron chi connectivity index (χ0n) is 18.8. The lowest BCUT2D eigenvalue weighted by molar-refractivity contribution is 0.0510. The molecule has 7 nitrogen and oxygen atoms in total. The molecule has 0 unspecified atom stereocenters. The van der Waals surface area contributed by atoms with Crippen molar-refractivity contribution in [3.8, 4) is 5.75 Å². The molecule has 3 aromatic rings. The van der Waals surface area contributed by atoms with E-state index in [1.165, 1.54) is 7.11 Å². The maximum atomic E-state index is 13.3. The van der Waals surface area contributed by atoms with Gasteiger partial charge in [0.2, 0.25) is 0 Å². The molecule has 3 rings (SSSR count). The smallest absolute Gasteiger partial charge is 0.264 e. The van der Waals surface area contributed by atoms with Gasteiger partial charge in [0, 0.05) is 12.7 Å². The Morgan fingerprint density at radius 1 is 1.06 bits per heavy atom. The summed E-state index contributed by atoms with van der Waals surface area (Å²) < 4.78 is 41.3. The van der Waals surface area contributed by atoms with Crippen LogP contribution < -0.4 is 10.1 Å². The minimum absolute atomic E-state index is 0.0567. The Bertz CT molecular complexity index is 1200. The fourth-order valence-corrected chi connectivity index (χ4v) is 4.35. The first-order valence-electron chi connectivity index (χ1n) is 10.8. The lowest BCUT2D eigenvalue weighted by Gasteiger charge is -2.19. The molecule has 0 spiro atoms. The third-order valence-corrected chi connectivity index (χ3v) is 6.21. The van der Waals surface area contributed by atoms with Gasteiger partial charge < -0.3 is 14.8 Å². The Hall–Kier alpha value is -2.94. The first-order valence-corrected chi connectivity index (χ1v) is 12.4. The first-order chi connectivity index (χ1) is 15.8. The first kappa shape index (κ1) is 24.7. The summed E-state index contributed by atoms with van der Waals surface area (Å²) in [7, 11) is -2.48. The van der Waals surface area contributed by atoms with Gasteiger partial charge in [-0.15, -0.1) is 0 Å². The highest BCUT2D eigenvalue weighted by Crippen LogP contribution is 2.26. The molecule has 0 aliphatic carbocycles. The van der Waals surface area contributed by atoms with Gasteiger partial charge in [0.05, 0.1) is 11.8 Å². The topological polar surface area (TPSA) is 102 Å². The Morgan fingerprint density at radius 3 is 2.58 bits per heavy atom. The third-order valence-electron chi connectivity index (χ3n) is 5.41. The van der Waals surface area contributed by atoms with Crippen molar-refractivity contribution in [1.82, 2.24) is 5.32 Å². The molecular weight excluding hydrogens is 442 g/mol. The molecule has 33 heavy (non-hydrogen) atoms. The molecule has 1 atom stereocenters. The fraction of sp³-hybridized carbons (Fsp3) is 0.320. The Morgan fingerprint density at radius 2 is 1.82 bits per heavy atom.